The van der Waals surface area contributed by atoms with Crippen molar-refractivity contribution in [2.45, 2.75) is 37.8 Å². The molecule has 0 radical (unpaired) electrons. The Morgan fingerprint density at radius 1 is 1.10 bits per heavy atom. The van der Waals surface area contributed by atoms with Crippen molar-refractivity contribution >= 4 is 11.6 Å². The average molecular weight is 426 g/mol. The van der Waals surface area contributed by atoms with Crippen LogP contribution in [0, 0.1) is 0 Å². The van der Waals surface area contributed by atoms with Crippen molar-refractivity contribution in [2.24, 2.45) is 0 Å². The molecule has 0 spiro atoms. The lowest BCUT2D eigenvalue weighted by molar-refractivity contribution is -0.141. The van der Waals surface area contributed by atoms with Gasteiger partial charge in [0.25, 0.3) is 0 Å². The zero-order chi connectivity index (χ0) is 21.1. The van der Waals surface area contributed by atoms with Gasteiger partial charge in [-0.2, -0.15) is 18.3 Å². The van der Waals surface area contributed by atoms with Crippen molar-refractivity contribution < 1.29 is 23.0 Å². The van der Waals surface area contributed by atoms with Crippen molar-refractivity contribution in [1.82, 2.24) is 14.8 Å². The molecule has 29 heavy (non-hydrogen) atoms. The molecule has 0 saturated carbocycles. The van der Waals surface area contributed by atoms with Gasteiger partial charge in [0, 0.05) is 11.4 Å². The molecule has 3 aromatic rings. The number of aromatic nitrogens is 3. The Morgan fingerprint density at radius 3 is 2.34 bits per heavy atom. The maximum absolute atomic E-state index is 13.6. The predicted octanol–water partition coefficient (Wildman–Crippen LogP) is 4.70. The Kier molecular flexibility index (Phi) is 6.14. The molecular weight excluding hydrogens is 407 g/mol. The summed E-state index contributed by atoms with van der Waals surface area (Å²) in [7, 11) is 0. The Balaban J connectivity index is 1.93. The number of hydrogen-bond donors (Lipinski definition) is 1. The van der Waals surface area contributed by atoms with Crippen LogP contribution in [0.1, 0.15) is 24.5 Å². The maximum atomic E-state index is 13.6. The second kappa shape index (κ2) is 8.42. The van der Waals surface area contributed by atoms with Crippen LogP contribution in [0.15, 0.2) is 61.2 Å². The van der Waals surface area contributed by atoms with Gasteiger partial charge in [0.1, 0.15) is 24.0 Å². The quantitative estimate of drug-likeness (QED) is 0.596. The van der Waals surface area contributed by atoms with Gasteiger partial charge in [-0.15, -0.1) is 0 Å². The van der Waals surface area contributed by atoms with Crippen molar-refractivity contribution in [1.29, 1.82) is 0 Å². The molecule has 0 bridgehead atoms. The monoisotopic (exact) mass is 425 g/mol. The van der Waals surface area contributed by atoms with E-state index in [1.807, 2.05) is 0 Å². The van der Waals surface area contributed by atoms with Gasteiger partial charge in [0.05, 0.1) is 18.2 Å². The minimum absolute atomic E-state index is 0.109. The van der Waals surface area contributed by atoms with Gasteiger partial charge in [0.15, 0.2) is 0 Å². The molecule has 3 rings (SSSR count). The van der Waals surface area contributed by atoms with Crippen molar-refractivity contribution in [3.8, 4) is 5.75 Å². The molecule has 1 heterocycles. The predicted molar refractivity (Wildman–Crippen MR) is 102 cm³/mol. The van der Waals surface area contributed by atoms with Crippen LogP contribution < -0.4 is 4.74 Å². The summed E-state index contributed by atoms with van der Waals surface area (Å²) in [5.41, 5.74) is -3.04. The van der Waals surface area contributed by atoms with Crippen LogP contribution in [-0.2, 0) is 18.3 Å². The summed E-state index contributed by atoms with van der Waals surface area (Å²) in [6, 6.07) is 11.6. The van der Waals surface area contributed by atoms with Crippen LogP contribution in [0.2, 0.25) is 5.02 Å². The smallest absolute Gasteiger partial charge is 0.416 e. The minimum Gasteiger partial charge on any atom is -0.491 e. The van der Waals surface area contributed by atoms with E-state index >= 15 is 0 Å². The normalized spacial score (nSPS) is 15.0. The molecule has 1 N–H and O–H groups in total. The number of rotatable bonds is 7. The number of nitrogens with zero attached hydrogens (tertiary/aromatic N) is 3. The highest BCUT2D eigenvalue weighted by atomic mass is 35.5. The third-order valence-electron chi connectivity index (χ3n) is 4.40. The Hall–Kier alpha value is -2.58. The lowest BCUT2D eigenvalue weighted by Crippen LogP contribution is -2.38. The van der Waals surface area contributed by atoms with Crippen LogP contribution >= 0.6 is 11.6 Å². The summed E-state index contributed by atoms with van der Waals surface area (Å²) in [5.74, 6) is 0.495. The van der Waals surface area contributed by atoms with Gasteiger partial charge in [0.2, 0.25) is 0 Å². The summed E-state index contributed by atoms with van der Waals surface area (Å²) in [5, 5.41) is 15.9. The molecule has 0 fully saturated rings. The van der Waals surface area contributed by atoms with E-state index < -0.39 is 23.4 Å². The van der Waals surface area contributed by atoms with E-state index in [9.17, 15) is 18.3 Å². The lowest BCUT2D eigenvalue weighted by atomic mass is 9.85. The Labute approximate surface area is 170 Å². The van der Waals surface area contributed by atoms with Gasteiger partial charge in [-0.1, -0.05) is 29.8 Å². The van der Waals surface area contributed by atoms with Crippen LogP contribution in [0.5, 0.6) is 5.75 Å². The van der Waals surface area contributed by atoms with Gasteiger partial charge >= 0.3 is 6.18 Å². The van der Waals surface area contributed by atoms with Gasteiger partial charge in [-0.3, -0.25) is 0 Å². The number of ether oxygens (including phenoxy) is 1. The first-order chi connectivity index (χ1) is 13.7. The van der Waals surface area contributed by atoms with E-state index in [-0.39, 0.29) is 18.5 Å². The van der Waals surface area contributed by atoms with Crippen LogP contribution in [0.3, 0.4) is 0 Å². The Morgan fingerprint density at radius 2 is 1.76 bits per heavy atom. The van der Waals surface area contributed by atoms with Crippen LogP contribution in [0.25, 0.3) is 0 Å². The van der Waals surface area contributed by atoms with E-state index in [1.54, 1.807) is 31.2 Å². The zero-order valence-corrected chi connectivity index (χ0v) is 16.2. The average Bonchev–Trinajstić information content (AvgIpc) is 3.15. The molecule has 2 unspecified atom stereocenters. The molecule has 9 heteroatoms. The fraction of sp³-hybridized carbons (Fsp3) is 0.300. The third kappa shape index (κ3) is 5.27. The van der Waals surface area contributed by atoms with Crippen molar-refractivity contribution in [3.05, 3.63) is 77.3 Å². The summed E-state index contributed by atoms with van der Waals surface area (Å²) >= 11 is 5.86. The molecule has 2 atom stereocenters. The number of hydrogen-bond acceptors (Lipinski definition) is 4. The van der Waals surface area contributed by atoms with Crippen LogP contribution in [-0.4, -0.2) is 26.0 Å². The fourth-order valence-corrected chi connectivity index (χ4v) is 3.37. The van der Waals surface area contributed by atoms with Crippen LogP contribution in [0.4, 0.5) is 13.2 Å². The summed E-state index contributed by atoms with van der Waals surface area (Å²) in [4.78, 5) is 3.80. The third-order valence-corrected chi connectivity index (χ3v) is 4.65. The maximum Gasteiger partial charge on any atom is 0.416 e. The first-order valence-electron chi connectivity index (χ1n) is 8.81. The number of alkyl halides is 3. The lowest BCUT2D eigenvalue weighted by Gasteiger charge is -2.33. The molecule has 0 aliphatic heterocycles. The zero-order valence-electron chi connectivity index (χ0n) is 15.5. The highest BCUT2D eigenvalue weighted by Gasteiger charge is 2.42. The first kappa shape index (κ1) is 21.1. The Bertz CT molecular complexity index is 933. The second-order valence-corrected chi connectivity index (χ2v) is 7.19. The van der Waals surface area contributed by atoms with E-state index in [0.717, 1.165) is 6.07 Å². The minimum atomic E-state index is -4.62. The molecule has 1 aromatic heterocycles. The molecule has 2 aromatic carbocycles. The summed E-state index contributed by atoms with van der Waals surface area (Å²) in [6.45, 7) is 1.46. The topological polar surface area (TPSA) is 60.2 Å². The SMILES string of the molecule is CC(CC(O)(Cn1cncn1)c1ccccc1C(F)(F)F)Oc1ccc(Cl)cc1. The second-order valence-electron chi connectivity index (χ2n) is 6.75. The van der Waals surface area contributed by atoms with E-state index in [4.69, 9.17) is 16.3 Å². The molecule has 5 nitrogen and oxygen atoms in total. The molecule has 0 aliphatic carbocycles. The molecule has 0 amide bonds. The summed E-state index contributed by atoms with van der Waals surface area (Å²) < 4.78 is 47.8. The fourth-order valence-electron chi connectivity index (χ4n) is 3.24. The molecular formula is C20H19ClF3N3O2. The highest BCUT2D eigenvalue weighted by molar-refractivity contribution is 6.30. The highest BCUT2D eigenvalue weighted by Crippen LogP contribution is 2.39. The van der Waals surface area contributed by atoms with Crippen molar-refractivity contribution in [2.75, 3.05) is 0 Å². The standard InChI is InChI=1S/C20H19ClF3N3O2/c1-14(29-16-8-6-15(21)7-9-16)10-19(28,11-27-13-25-12-26-27)17-4-2-3-5-18(17)20(22,23)24/h2-9,12-14,28H,10-11H2,1H3. The number of aliphatic hydroxyl groups is 1. The number of benzene rings is 2. The first-order valence-corrected chi connectivity index (χ1v) is 9.19. The largest absolute Gasteiger partial charge is 0.491 e. The molecule has 0 saturated heterocycles. The van der Waals surface area contributed by atoms with E-state index in [2.05, 4.69) is 10.1 Å². The van der Waals surface area contributed by atoms with Gasteiger partial charge < -0.3 is 9.84 Å². The van der Waals surface area contributed by atoms with Gasteiger partial charge in [-0.25, -0.2) is 9.67 Å². The molecule has 154 valence electrons. The van der Waals surface area contributed by atoms with Crippen molar-refractivity contribution in [3.63, 3.8) is 0 Å². The summed E-state index contributed by atoms with van der Waals surface area (Å²) in [6.07, 6.45) is -2.74. The van der Waals surface area contributed by atoms with Gasteiger partial charge in [-0.05, 0) is 42.8 Å². The molecule has 0 aliphatic rings. The van der Waals surface area contributed by atoms with E-state index in [1.165, 1.54) is 35.5 Å². The van der Waals surface area contributed by atoms with E-state index in [0.29, 0.717) is 10.8 Å². The number of halogens is 4.